The van der Waals surface area contributed by atoms with Crippen LogP contribution in [0.3, 0.4) is 0 Å². The second-order valence-corrected chi connectivity index (χ2v) is 3.70. The highest BCUT2D eigenvalue weighted by Gasteiger charge is 2.27. The van der Waals surface area contributed by atoms with Crippen molar-refractivity contribution in [1.82, 2.24) is 9.55 Å². The van der Waals surface area contributed by atoms with Gasteiger partial charge >= 0.3 is 0 Å². The first-order chi connectivity index (χ1) is 7.42. The fourth-order valence-corrected chi connectivity index (χ4v) is 2.27. The highest BCUT2D eigenvalue weighted by molar-refractivity contribution is 5.60. The van der Waals surface area contributed by atoms with Crippen molar-refractivity contribution in [2.75, 3.05) is 0 Å². The number of nitrogens with zero attached hydrogens (tertiary/aromatic N) is 2. The molecule has 0 fully saturated rings. The fraction of sp³-hybridized carbons (Fsp3) is 0.167. The van der Waals surface area contributed by atoms with E-state index in [-0.39, 0.29) is 5.92 Å². The Hall–Kier alpha value is -1.90. The zero-order valence-electron chi connectivity index (χ0n) is 8.13. The molecule has 3 rings (SSSR count). The van der Waals surface area contributed by atoms with Gasteiger partial charge in [0, 0.05) is 18.5 Å². The largest absolute Gasteiger partial charge is 0.303 e. The average Bonchev–Trinajstić information content (AvgIpc) is 2.82. The second kappa shape index (κ2) is 3.05. The third-order valence-electron chi connectivity index (χ3n) is 2.93. The molecule has 0 aliphatic carbocycles. The summed E-state index contributed by atoms with van der Waals surface area (Å²) in [5.41, 5.74) is 3.49. The van der Waals surface area contributed by atoms with E-state index in [4.69, 9.17) is 0 Å². The van der Waals surface area contributed by atoms with Gasteiger partial charge < -0.3 is 9.36 Å². The minimum Gasteiger partial charge on any atom is -0.303 e. The van der Waals surface area contributed by atoms with Crippen LogP contribution in [0.5, 0.6) is 0 Å². The summed E-state index contributed by atoms with van der Waals surface area (Å²) in [6.45, 7) is 0. The van der Waals surface area contributed by atoms with Gasteiger partial charge in [0.1, 0.15) is 6.29 Å². The molecule has 2 aromatic rings. The van der Waals surface area contributed by atoms with E-state index in [9.17, 15) is 4.79 Å². The first-order valence-electron chi connectivity index (χ1n) is 4.97. The number of para-hydroxylation sites is 1. The minimum atomic E-state index is 0.182. The molecule has 1 unspecified atom stereocenters. The molecule has 0 radical (unpaired) electrons. The van der Waals surface area contributed by atoms with Crippen molar-refractivity contribution in [1.29, 1.82) is 0 Å². The van der Waals surface area contributed by atoms with E-state index in [0.29, 0.717) is 6.42 Å². The number of carbonyl (C=O) groups is 1. The molecule has 3 heteroatoms. The summed E-state index contributed by atoms with van der Waals surface area (Å²) in [5, 5.41) is 0. The lowest BCUT2D eigenvalue weighted by Crippen LogP contribution is -1.96. The molecule has 1 aromatic carbocycles. The second-order valence-electron chi connectivity index (χ2n) is 3.70. The molecule has 0 saturated heterocycles. The number of carbonyl (C=O) groups excluding carboxylic acids is 1. The standard InChI is InChI=1S/C12H10N2O/c15-6-5-10-9-3-1-2-4-11(9)14-8-13-7-12(10)14/h1-4,6-8,10H,5H2. The number of imidazole rings is 1. The smallest absolute Gasteiger partial charge is 0.120 e. The third-order valence-corrected chi connectivity index (χ3v) is 2.93. The number of aromatic nitrogens is 2. The summed E-state index contributed by atoms with van der Waals surface area (Å²) in [6, 6.07) is 8.16. The molecule has 2 heterocycles. The molecule has 0 amide bonds. The van der Waals surface area contributed by atoms with E-state index in [2.05, 4.69) is 21.7 Å². The van der Waals surface area contributed by atoms with Crippen LogP contribution in [0.4, 0.5) is 0 Å². The lowest BCUT2D eigenvalue weighted by molar-refractivity contribution is -0.108. The number of rotatable bonds is 2. The van der Waals surface area contributed by atoms with Crippen LogP contribution in [0, 0.1) is 0 Å². The van der Waals surface area contributed by atoms with Gasteiger partial charge in [0.2, 0.25) is 0 Å². The molecule has 0 spiro atoms. The van der Waals surface area contributed by atoms with Crippen LogP contribution in [0.25, 0.3) is 5.69 Å². The van der Waals surface area contributed by atoms with Crippen LogP contribution in [0.2, 0.25) is 0 Å². The van der Waals surface area contributed by atoms with Gasteiger partial charge in [0.15, 0.2) is 0 Å². The zero-order chi connectivity index (χ0) is 10.3. The summed E-state index contributed by atoms with van der Waals surface area (Å²) >= 11 is 0. The van der Waals surface area contributed by atoms with Crippen molar-refractivity contribution < 1.29 is 4.79 Å². The van der Waals surface area contributed by atoms with Crippen molar-refractivity contribution in [2.24, 2.45) is 0 Å². The summed E-state index contributed by atoms with van der Waals surface area (Å²) in [6.07, 6.45) is 5.15. The Morgan fingerprint density at radius 2 is 2.27 bits per heavy atom. The molecule has 74 valence electrons. The van der Waals surface area contributed by atoms with Gasteiger partial charge in [-0.15, -0.1) is 0 Å². The molecule has 1 atom stereocenters. The lowest BCUT2D eigenvalue weighted by Gasteiger charge is -2.05. The predicted molar refractivity (Wildman–Crippen MR) is 56.1 cm³/mol. The predicted octanol–water partition coefficient (Wildman–Crippen LogP) is 1.91. The number of hydrogen-bond donors (Lipinski definition) is 0. The molecule has 1 aliphatic rings. The van der Waals surface area contributed by atoms with Crippen molar-refractivity contribution in [2.45, 2.75) is 12.3 Å². The van der Waals surface area contributed by atoms with E-state index < -0.39 is 0 Å². The van der Waals surface area contributed by atoms with Gasteiger partial charge in [0.25, 0.3) is 0 Å². The van der Waals surface area contributed by atoms with E-state index in [0.717, 1.165) is 17.7 Å². The maximum atomic E-state index is 10.7. The Bertz CT molecular complexity index is 516. The van der Waals surface area contributed by atoms with Crippen molar-refractivity contribution in [3.05, 3.63) is 48.0 Å². The Kier molecular flexibility index (Phi) is 1.71. The number of benzene rings is 1. The molecular formula is C12H10N2O. The maximum absolute atomic E-state index is 10.7. The van der Waals surface area contributed by atoms with Crippen molar-refractivity contribution in [3.63, 3.8) is 0 Å². The van der Waals surface area contributed by atoms with Gasteiger partial charge in [-0.05, 0) is 11.6 Å². The number of hydrogen-bond acceptors (Lipinski definition) is 2. The van der Waals surface area contributed by atoms with Crippen molar-refractivity contribution in [3.8, 4) is 5.69 Å². The molecular weight excluding hydrogens is 188 g/mol. The van der Waals surface area contributed by atoms with Crippen LogP contribution in [-0.4, -0.2) is 15.8 Å². The van der Waals surface area contributed by atoms with E-state index in [1.807, 2.05) is 18.3 Å². The van der Waals surface area contributed by atoms with Gasteiger partial charge in [-0.25, -0.2) is 4.98 Å². The Morgan fingerprint density at radius 3 is 3.13 bits per heavy atom. The van der Waals surface area contributed by atoms with Gasteiger partial charge in [-0.1, -0.05) is 18.2 Å². The van der Waals surface area contributed by atoms with E-state index in [1.54, 1.807) is 6.33 Å². The topological polar surface area (TPSA) is 34.9 Å². The molecule has 0 saturated carbocycles. The Balaban J connectivity index is 2.23. The number of aldehydes is 1. The first-order valence-corrected chi connectivity index (χ1v) is 4.97. The summed E-state index contributed by atoms with van der Waals surface area (Å²) in [4.78, 5) is 14.8. The normalized spacial score (nSPS) is 17.2. The van der Waals surface area contributed by atoms with Crippen molar-refractivity contribution >= 4 is 6.29 Å². The van der Waals surface area contributed by atoms with Crippen LogP contribution >= 0.6 is 0 Å². The number of fused-ring (bicyclic) bond motifs is 3. The Labute approximate surface area is 87.4 Å². The zero-order valence-corrected chi connectivity index (χ0v) is 8.13. The highest BCUT2D eigenvalue weighted by atomic mass is 16.1. The molecule has 3 nitrogen and oxygen atoms in total. The molecule has 15 heavy (non-hydrogen) atoms. The van der Waals surface area contributed by atoms with Gasteiger partial charge in [-0.2, -0.15) is 0 Å². The van der Waals surface area contributed by atoms with Crippen LogP contribution in [0.1, 0.15) is 23.6 Å². The summed E-state index contributed by atoms with van der Waals surface area (Å²) in [5.74, 6) is 0.182. The van der Waals surface area contributed by atoms with Crippen LogP contribution < -0.4 is 0 Å². The van der Waals surface area contributed by atoms with Crippen LogP contribution in [0.15, 0.2) is 36.8 Å². The van der Waals surface area contributed by atoms with Crippen LogP contribution in [-0.2, 0) is 4.79 Å². The quantitative estimate of drug-likeness (QED) is 0.691. The first kappa shape index (κ1) is 8.41. The highest BCUT2D eigenvalue weighted by Crippen LogP contribution is 2.38. The lowest BCUT2D eigenvalue weighted by atomic mass is 9.96. The Morgan fingerprint density at radius 1 is 1.40 bits per heavy atom. The maximum Gasteiger partial charge on any atom is 0.120 e. The summed E-state index contributed by atoms with van der Waals surface area (Å²) in [7, 11) is 0. The SMILES string of the molecule is O=CCC1c2ccccc2-n2cncc21. The summed E-state index contributed by atoms with van der Waals surface area (Å²) < 4.78 is 2.06. The van der Waals surface area contributed by atoms with Gasteiger partial charge in [0.05, 0.1) is 17.7 Å². The molecule has 0 bridgehead atoms. The fourth-order valence-electron chi connectivity index (χ4n) is 2.27. The molecule has 1 aliphatic heterocycles. The van der Waals surface area contributed by atoms with E-state index in [1.165, 1.54) is 5.56 Å². The van der Waals surface area contributed by atoms with Gasteiger partial charge in [-0.3, -0.25) is 0 Å². The minimum absolute atomic E-state index is 0.182. The van der Waals surface area contributed by atoms with E-state index >= 15 is 0 Å². The average molecular weight is 198 g/mol. The monoisotopic (exact) mass is 198 g/mol. The molecule has 1 aromatic heterocycles. The molecule has 0 N–H and O–H groups in total. The third kappa shape index (κ3) is 1.06.